The highest BCUT2D eigenvalue weighted by Crippen LogP contribution is 2.23. The summed E-state index contributed by atoms with van der Waals surface area (Å²) in [6.45, 7) is 5.72. The van der Waals surface area contributed by atoms with E-state index in [9.17, 15) is 14.4 Å². The van der Waals surface area contributed by atoms with Crippen molar-refractivity contribution in [1.29, 1.82) is 0 Å². The zero-order valence-corrected chi connectivity index (χ0v) is 15.8. The second-order valence-electron chi connectivity index (χ2n) is 6.61. The number of hydrogen-bond donors (Lipinski definition) is 0. The topological polar surface area (TPSA) is 114 Å². The second kappa shape index (κ2) is 6.86. The van der Waals surface area contributed by atoms with Crippen LogP contribution >= 0.6 is 0 Å². The van der Waals surface area contributed by atoms with Gasteiger partial charge in [-0.1, -0.05) is 19.0 Å². The van der Waals surface area contributed by atoms with Crippen LogP contribution in [0.2, 0.25) is 0 Å². The second-order valence-corrected chi connectivity index (χ2v) is 6.61. The first-order valence-electron chi connectivity index (χ1n) is 8.48. The van der Waals surface area contributed by atoms with Crippen LogP contribution in [0.3, 0.4) is 0 Å². The van der Waals surface area contributed by atoms with Gasteiger partial charge in [-0.2, -0.15) is 0 Å². The van der Waals surface area contributed by atoms with E-state index >= 15 is 0 Å². The highest BCUT2D eigenvalue weighted by molar-refractivity contribution is 5.91. The van der Waals surface area contributed by atoms with Crippen molar-refractivity contribution in [1.82, 2.24) is 23.8 Å². The lowest BCUT2D eigenvalue weighted by Gasteiger charge is -2.08. The Hall–Kier alpha value is -3.17. The van der Waals surface area contributed by atoms with E-state index in [0.717, 1.165) is 4.57 Å². The summed E-state index contributed by atoms with van der Waals surface area (Å²) in [5, 5.41) is 3.83. The molecule has 0 N–H and O–H groups in total. The Morgan fingerprint density at radius 3 is 2.63 bits per heavy atom. The Morgan fingerprint density at radius 2 is 1.96 bits per heavy atom. The predicted octanol–water partition coefficient (Wildman–Crippen LogP) is 0.711. The maximum Gasteiger partial charge on any atom is 0.343 e. The lowest BCUT2D eigenvalue weighted by Crippen LogP contribution is -2.37. The lowest BCUT2D eigenvalue weighted by atomic mass is 10.1. The molecule has 0 fully saturated rings. The van der Waals surface area contributed by atoms with Crippen molar-refractivity contribution >= 4 is 17.1 Å². The number of imidazole rings is 1. The molecular weight excluding hydrogens is 354 g/mol. The molecule has 0 radical (unpaired) electrons. The van der Waals surface area contributed by atoms with Crippen LogP contribution in [0.25, 0.3) is 11.2 Å². The summed E-state index contributed by atoms with van der Waals surface area (Å²) in [7, 11) is 2.95. The van der Waals surface area contributed by atoms with E-state index in [1.54, 1.807) is 18.5 Å². The van der Waals surface area contributed by atoms with Gasteiger partial charge < -0.3 is 13.8 Å². The smallest absolute Gasteiger partial charge is 0.343 e. The number of carbonyl (C=O) groups is 1. The van der Waals surface area contributed by atoms with Gasteiger partial charge in [0.25, 0.3) is 5.56 Å². The van der Waals surface area contributed by atoms with E-state index in [0.29, 0.717) is 17.0 Å². The fourth-order valence-corrected chi connectivity index (χ4v) is 2.90. The van der Waals surface area contributed by atoms with E-state index in [2.05, 4.69) is 10.1 Å². The number of esters is 1. The summed E-state index contributed by atoms with van der Waals surface area (Å²) in [5.41, 5.74) is 0.466. The Balaban J connectivity index is 1.81. The first kappa shape index (κ1) is 18.6. The summed E-state index contributed by atoms with van der Waals surface area (Å²) >= 11 is 0. The monoisotopic (exact) mass is 375 g/mol. The van der Waals surface area contributed by atoms with Gasteiger partial charge in [-0.3, -0.25) is 13.9 Å². The van der Waals surface area contributed by atoms with E-state index in [1.165, 1.54) is 17.9 Å². The summed E-state index contributed by atoms with van der Waals surface area (Å²) in [5.74, 6) is -0.0488. The highest BCUT2D eigenvalue weighted by atomic mass is 16.5. The minimum atomic E-state index is -0.526. The van der Waals surface area contributed by atoms with E-state index < -0.39 is 17.2 Å². The molecule has 27 heavy (non-hydrogen) atoms. The molecule has 0 aliphatic rings. The zero-order valence-electron chi connectivity index (χ0n) is 15.8. The molecular formula is C17H21N5O5. The van der Waals surface area contributed by atoms with Crippen molar-refractivity contribution in [3.8, 4) is 0 Å². The van der Waals surface area contributed by atoms with Gasteiger partial charge in [0, 0.05) is 20.0 Å². The molecule has 0 bridgehead atoms. The summed E-state index contributed by atoms with van der Waals surface area (Å²) in [6.07, 6.45) is 1.45. The van der Waals surface area contributed by atoms with Crippen LogP contribution in [0.5, 0.6) is 0 Å². The van der Waals surface area contributed by atoms with Crippen LogP contribution in [0.4, 0.5) is 0 Å². The van der Waals surface area contributed by atoms with Crippen molar-refractivity contribution in [3.05, 3.63) is 44.2 Å². The van der Waals surface area contributed by atoms with Gasteiger partial charge in [0.15, 0.2) is 16.9 Å². The first-order valence-corrected chi connectivity index (χ1v) is 8.48. The molecule has 3 rings (SSSR count). The fourth-order valence-electron chi connectivity index (χ4n) is 2.90. The van der Waals surface area contributed by atoms with Gasteiger partial charge in [0.05, 0.1) is 18.6 Å². The number of hydrogen-bond acceptors (Lipinski definition) is 7. The number of ether oxygens (including phenoxy) is 1. The van der Waals surface area contributed by atoms with Crippen LogP contribution < -0.4 is 11.2 Å². The minimum absolute atomic E-state index is 0.00403. The van der Waals surface area contributed by atoms with Gasteiger partial charge in [-0.15, -0.1) is 0 Å². The molecule has 10 nitrogen and oxygen atoms in total. The van der Waals surface area contributed by atoms with Gasteiger partial charge >= 0.3 is 11.7 Å². The van der Waals surface area contributed by atoms with Crippen LogP contribution in [0.1, 0.15) is 41.6 Å². The fraction of sp³-hybridized carbons (Fsp3) is 0.471. The van der Waals surface area contributed by atoms with Crippen LogP contribution in [0.15, 0.2) is 20.4 Å². The molecule has 0 saturated carbocycles. The number of aromatic nitrogens is 5. The Kier molecular flexibility index (Phi) is 4.73. The molecule has 0 unspecified atom stereocenters. The standard InChI is InChI=1S/C17H21N5O5/c1-9(2)13-11(10(3)19-27-13)16(24)26-7-6-22-8-18-14-12(22)15(23)21(5)17(25)20(14)4/h8-9H,6-7H2,1-5H3. The lowest BCUT2D eigenvalue weighted by molar-refractivity contribution is 0.0488. The molecule has 144 valence electrons. The average Bonchev–Trinajstić information content (AvgIpc) is 3.22. The third-order valence-electron chi connectivity index (χ3n) is 4.40. The first-order chi connectivity index (χ1) is 12.7. The van der Waals surface area contributed by atoms with Crippen LogP contribution in [-0.2, 0) is 25.4 Å². The summed E-state index contributed by atoms with van der Waals surface area (Å²) in [6, 6.07) is 0. The molecule has 0 aliphatic heterocycles. The maximum absolute atomic E-state index is 12.4. The van der Waals surface area contributed by atoms with E-state index in [1.807, 2.05) is 13.8 Å². The Labute approximate surface area is 154 Å². The molecule has 3 aromatic rings. The SMILES string of the molecule is Cc1noc(C(C)C)c1C(=O)OCCn1cnc2c1c(=O)n(C)c(=O)n2C. The van der Waals surface area contributed by atoms with Crippen molar-refractivity contribution in [2.45, 2.75) is 33.2 Å². The maximum atomic E-state index is 12.4. The van der Waals surface area contributed by atoms with Crippen molar-refractivity contribution in [3.63, 3.8) is 0 Å². The molecule has 0 spiro atoms. The molecule has 3 aromatic heterocycles. The number of rotatable bonds is 5. The predicted molar refractivity (Wildman–Crippen MR) is 95.8 cm³/mol. The highest BCUT2D eigenvalue weighted by Gasteiger charge is 2.24. The third-order valence-corrected chi connectivity index (χ3v) is 4.40. The molecule has 10 heteroatoms. The minimum Gasteiger partial charge on any atom is -0.460 e. The number of fused-ring (bicyclic) bond motifs is 1. The summed E-state index contributed by atoms with van der Waals surface area (Å²) in [4.78, 5) is 40.9. The van der Waals surface area contributed by atoms with Gasteiger partial charge in [-0.05, 0) is 6.92 Å². The van der Waals surface area contributed by atoms with Crippen LogP contribution in [0, 0.1) is 6.92 Å². The number of carbonyl (C=O) groups excluding carboxylic acids is 1. The van der Waals surface area contributed by atoms with Crippen molar-refractivity contribution in [2.24, 2.45) is 14.1 Å². The largest absolute Gasteiger partial charge is 0.460 e. The summed E-state index contributed by atoms with van der Waals surface area (Å²) < 4.78 is 14.4. The van der Waals surface area contributed by atoms with Gasteiger partial charge in [-0.25, -0.2) is 14.6 Å². The molecule has 3 heterocycles. The Morgan fingerprint density at radius 1 is 1.26 bits per heavy atom. The Bertz CT molecular complexity index is 1130. The molecule has 0 aliphatic carbocycles. The van der Waals surface area contributed by atoms with Crippen LogP contribution in [-0.4, -0.2) is 36.4 Å². The van der Waals surface area contributed by atoms with E-state index in [-0.39, 0.29) is 30.2 Å². The third kappa shape index (κ3) is 3.07. The number of aryl methyl sites for hydroxylation is 2. The molecule has 0 amide bonds. The normalized spacial score (nSPS) is 11.5. The van der Waals surface area contributed by atoms with Crippen molar-refractivity contribution < 1.29 is 14.1 Å². The zero-order chi connectivity index (χ0) is 19.9. The quantitative estimate of drug-likeness (QED) is 0.603. The van der Waals surface area contributed by atoms with Gasteiger partial charge in [0.2, 0.25) is 0 Å². The number of nitrogens with zero attached hydrogens (tertiary/aromatic N) is 5. The van der Waals surface area contributed by atoms with Gasteiger partial charge in [0.1, 0.15) is 12.2 Å². The molecule has 0 atom stereocenters. The van der Waals surface area contributed by atoms with Crippen molar-refractivity contribution in [2.75, 3.05) is 6.61 Å². The van der Waals surface area contributed by atoms with E-state index in [4.69, 9.17) is 9.26 Å². The molecule has 0 saturated heterocycles. The molecule has 0 aromatic carbocycles. The average molecular weight is 375 g/mol.